The number of aromatic nitrogens is 2. The highest BCUT2D eigenvalue weighted by atomic mass is 16.2. The molecule has 3 heterocycles. The number of piperidine rings is 1. The van der Waals surface area contributed by atoms with Gasteiger partial charge in [-0.15, -0.1) is 0 Å². The number of amides is 1. The molecule has 2 N–H and O–H groups in total. The zero-order valence-electron chi connectivity index (χ0n) is 17.0. The molecular weight excluding hydrogens is 378 g/mol. The second-order valence-electron chi connectivity index (χ2n) is 7.79. The first-order chi connectivity index (χ1) is 14.6. The smallest absolute Gasteiger partial charge is 0.258 e. The van der Waals surface area contributed by atoms with Crippen LogP contribution in [-0.2, 0) is 4.79 Å². The Morgan fingerprint density at radius 1 is 1.27 bits per heavy atom. The Hall–Kier alpha value is -3.40. The normalized spacial score (nSPS) is 23.7. The first kappa shape index (κ1) is 19.9. The number of hydrogen-bond donors (Lipinski definition) is 2. The van der Waals surface area contributed by atoms with Crippen molar-refractivity contribution in [1.82, 2.24) is 9.97 Å². The summed E-state index contributed by atoms with van der Waals surface area (Å²) < 4.78 is 0. The molecule has 0 spiro atoms. The SMILES string of the molecule is CCC1CCCCN1c1nc2c(c(=O)[nH]1)C(/C=C/c1ccccc1)C(C#N)C(=O)N2. The number of nitriles is 1. The fourth-order valence-corrected chi connectivity index (χ4v) is 4.36. The van der Waals surface area contributed by atoms with Gasteiger partial charge in [0.2, 0.25) is 11.9 Å². The van der Waals surface area contributed by atoms with Crippen LogP contribution >= 0.6 is 0 Å². The van der Waals surface area contributed by atoms with Gasteiger partial charge in [0.05, 0.1) is 11.6 Å². The topological polar surface area (TPSA) is 102 Å². The summed E-state index contributed by atoms with van der Waals surface area (Å²) in [6.07, 6.45) is 7.82. The minimum atomic E-state index is -0.982. The predicted octanol–water partition coefficient (Wildman–Crippen LogP) is 3.43. The van der Waals surface area contributed by atoms with E-state index in [1.807, 2.05) is 42.5 Å². The highest BCUT2D eigenvalue weighted by Gasteiger charge is 2.38. The molecule has 2 aliphatic heterocycles. The van der Waals surface area contributed by atoms with Gasteiger partial charge < -0.3 is 10.2 Å². The zero-order valence-corrected chi connectivity index (χ0v) is 17.0. The van der Waals surface area contributed by atoms with Gasteiger partial charge in [-0.2, -0.15) is 10.2 Å². The maximum atomic E-state index is 13.1. The average molecular weight is 403 g/mol. The van der Waals surface area contributed by atoms with E-state index in [1.54, 1.807) is 6.08 Å². The van der Waals surface area contributed by atoms with Crippen LogP contribution in [0.25, 0.3) is 6.08 Å². The van der Waals surface area contributed by atoms with E-state index < -0.39 is 17.7 Å². The van der Waals surface area contributed by atoms with Gasteiger partial charge in [0, 0.05) is 18.5 Å². The molecule has 1 fully saturated rings. The van der Waals surface area contributed by atoms with Gasteiger partial charge in [-0.25, -0.2) is 0 Å². The lowest BCUT2D eigenvalue weighted by Gasteiger charge is -2.36. The van der Waals surface area contributed by atoms with E-state index in [1.165, 1.54) is 0 Å². The minimum absolute atomic E-state index is 0.258. The van der Waals surface area contributed by atoms with Crippen LogP contribution in [0.15, 0.2) is 41.2 Å². The fraction of sp³-hybridized carbons (Fsp3) is 0.391. The highest BCUT2D eigenvalue weighted by Crippen LogP contribution is 2.35. The number of fused-ring (bicyclic) bond motifs is 1. The number of aromatic amines is 1. The molecule has 154 valence electrons. The molecule has 1 saturated heterocycles. The number of carbonyl (C=O) groups excluding carboxylic acids is 1. The van der Waals surface area contributed by atoms with Gasteiger partial charge in [0.15, 0.2) is 0 Å². The van der Waals surface area contributed by atoms with Crippen LogP contribution < -0.4 is 15.8 Å². The Balaban J connectivity index is 1.75. The molecule has 7 nitrogen and oxygen atoms in total. The molecule has 1 aromatic heterocycles. The van der Waals surface area contributed by atoms with Crippen LogP contribution in [0.5, 0.6) is 0 Å². The van der Waals surface area contributed by atoms with Crippen molar-refractivity contribution in [3.63, 3.8) is 0 Å². The molecule has 3 atom stereocenters. The monoisotopic (exact) mass is 403 g/mol. The zero-order chi connectivity index (χ0) is 21.1. The average Bonchev–Trinajstić information content (AvgIpc) is 2.77. The number of hydrogen-bond acceptors (Lipinski definition) is 5. The molecule has 30 heavy (non-hydrogen) atoms. The van der Waals surface area contributed by atoms with E-state index >= 15 is 0 Å². The third-order valence-corrected chi connectivity index (χ3v) is 5.96. The van der Waals surface area contributed by atoms with Crippen molar-refractivity contribution in [1.29, 1.82) is 5.26 Å². The van der Waals surface area contributed by atoms with Crippen LogP contribution in [-0.4, -0.2) is 28.5 Å². The van der Waals surface area contributed by atoms with E-state index in [2.05, 4.69) is 27.1 Å². The van der Waals surface area contributed by atoms with Crippen LogP contribution in [0.3, 0.4) is 0 Å². The van der Waals surface area contributed by atoms with Crippen molar-refractivity contribution in [3.05, 3.63) is 57.9 Å². The second kappa shape index (κ2) is 8.54. The number of benzene rings is 1. The van der Waals surface area contributed by atoms with Crippen LogP contribution in [0, 0.1) is 17.2 Å². The van der Waals surface area contributed by atoms with Crippen LogP contribution in [0.4, 0.5) is 11.8 Å². The fourth-order valence-electron chi connectivity index (χ4n) is 4.36. The number of H-pyrrole nitrogens is 1. The lowest BCUT2D eigenvalue weighted by molar-refractivity contribution is -0.119. The van der Waals surface area contributed by atoms with Crippen LogP contribution in [0.1, 0.15) is 49.7 Å². The Morgan fingerprint density at radius 3 is 2.80 bits per heavy atom. The number of nitrogens with one attached hydrogen (secondary N) is 2. The molecule has 2 aromatic rings. The second-order valence-corrected chi connectivity index (χ2v) is 7.79. The minimum Gasteiger partial charge on any atom is -0.339 e. The molecule has 3 unspecified atom stereocenters. The van der Waals surface area contributed by atoms with Gasteiger partial charge in [-0.1, -0.05) is 49.4 Å². The number of allylic oxidation sites excluding steroid dienone is 1. The largest absolute Gasteiger partial charge is 0.339 e. The van der Waals surface area contributed by atoms with Crippen molar-refractivity contribution >= 4 is 23.7 Å². The van der Waals surface area contributed by atoms with Gasteiger partial charge in [0.25, 0.3) is 5.56 Å². The summed E-state index contributed by atoms with van der Waals surface area (Å²) in [6, 6.07) is 12.0. The molecule has 7 heteroatoms. The standard InChI is InChI=1S/C23H25N5O2/c1-2-16-10-6-7-13-28(16)23-26-20-19(22(30)27-23)17(18(14-24)21(29)25-20)12-11-15-8-4-3-5-9-15/h3-5,8-9,11-12,16-18H,2,6-7,10,13H2,1H3,(H2,25,26,27,29,30)/b12-11+. The van der Waals surface area contributed by atoms with Crippen molar-refractivity contribution in [2.75, 3.05) is 16.8 Å². The third-order valence-electron chi connectivity index (χ3n) is 5.96. The molecular formula is C23H25N5O2. The molecule has 0 aliphatic carbocycles. The van der Waals surface area contributed by atoms with Crippen molar-refractivity contribution in [2.45, 2.75) is 44.6 Å². The maximum absolute atomic E-state index is 13.1. The van der Waals surface area contributed by atoms with E-state index in [9.17, 15) is 14.9 Å². The number of rotatable bonds is 4. The van der Waals surface area contributed by atoms with Crippen molar-refractivity contribution < 1.29 is 4.79 Å². The first-order valence-electron chi connectivity index (χ1n) is 10.5. The summed E-state index contributed by atoms with van der Waals surface area (Å²) in [5.74, 6) is -1.32. The summed E-state index contributed by atoms with van der Waals surface area (Å²) in [5, 5.41) is 12.3. The lowest BCUT2D eigenvalue weighted by atomic mass is 9.83. The quantitative estimate of drug-likeness (QED) is 0.814. The summed E-state index contributed by atoms with van der Waals surface area (Å²) in [4.78, 5) is 35.4. The van der Waals surface area contributed by atoms with E-state index in [-0.39, 0.29) is 11.4 Å². The Bertz CT molecular complexity index is 1050. The number of carbonyl (C=O) groups is 1. The number of nitrogens with zero attached hydrogens (tertiary/aromatic N) is 3. The highest BCUT2D eigenvalue weighted by molar-refractivity contribution is 5.97. The Labute approximate surface area is 175 Å². The molecule has 2 aliphatic rings. The Morgan fingerprint density at radius 2 is 2.07 bits per heavy atom. The van der Waals surface area contributed by atoms with E-state index in [0.717, 1.165) is 37.8 Å². The maximum Gasteiger partial charge on any atom is 0.258 e. The van der Waals surface area contributed by atoms with Crippen molar-refractivity contribution in [3.8, 4) is 6.07 Å². The summed E-state index contributed by atoms with van der Waals surface area (Å²) in [6.45, 7) is 2.95. The van der Waals surface area contributed by atoms with Gasteiger partial charge in [0.1, 0.15) is 11.7 Å². The van der Waals surface area contributed by atoms with Crippen LogP contribution in [0.2, 0.25) is 0 Å². The molecule has 4 rings (SSSR count). The molecule has 0 saturated carbocycles. The molecule has 0 bridgehead atoms. The van der Waals surface area contributed by atoms with Crippen molar-refractivity contribution in [2.24, 2.45) is 5.92 Å². The third kappa shape index (κ3) is 3.73. The predicted molar refractivity (Wildman–Crippen MR) is 116 cm³/mol. The van der Waals surface area contributed by atoms with E-state index in [0.29, 0.717) is 17.6 Å². The van der Waals surface area contributed by atoms with Gasteiger partial charge in [-0.3, -0.25) is 14.6 Å². The first-order valence-corrected chi connectivity index (χ1v) is 10.5. The van der Waals surface area contributed by atoms with Gasteiger partial charge >= 0.3 is 0 Å². The summed E-state index contributed by atoms with van der Waals surface area (Å²) in [5.41, 5.74) is 0.961. The lowest BCUT2D eigenvalue weighted by Crippen LogP contribution is -2.43. The number of anilines is 2. The Kier molecular flexibility index (Phi) is 5.66. The molecule has 0 radical (unpaired) electrons. The van der Waals surface area contributed by atoms with E-state index in [4.69, 9.17) is 0 Å². The summed E-state index contributed by atoms with van der Waals surface area (Å²) >= 11 is 0. The summed E-state index contributed by atoms with van der Waals surface area (Å²) in [7, 11) is 0. The molecule has 1 amide bonds. The van der Waals surface area contributed by atoms with Gasteiger partial charge in [-0.05, 0) is 31.2 Å². The molecule has 1 aromatic carbocycles.